The van der Waals surface area contributed by atoms with E-state index in [2.05, 4.69) is 27.4 Å². The lowest BCUT2D eigenvalue weighted by Gasteiger charge is -2.21. The summed E-state index contributed by atoms with van der Waals surface area (Å²) >= 11 is 0. The molecule has 98 valence electrons. The van der Waals surface area contributed by atoms with Gasteiger partial charge in [-0.3, -0.25) is 0 Å². The molecule has 1 heteroatoms. The van der Waals surface area contributed by atoms with Gasteiger partial charge in [0.05, 0.1) is 0 Å². The highest BCUT2D eigenvalue weighted by Crippen LogP contribution is 2.33. The van der Waals surface area contributed by atoms with Gasteiger partial charge in [0.15, 0.2) is 0 Å². The highest BCUT2D eigenvalue weighted by atomic mass is 16.3. The van der Waals surface area contributed by atoms with Gasteiger partial charge in [-0.25, -0.2) is 0 Å². The second-order valence-electron chi connectivity index (χ2n) is 5.83. The molecule has 0 atom stereocenters. The first-order valence-corrected chi connectivity index (χ1v) is 6.48. The van der Waals surface area contributed by atoms with Gasteiger partial charge in [-0.05, 0) is 34.2 Å². The van der Waals surface area contributed by atoms with Crippen LogP contribution in [0, 0.1) is 0 Å². The van der Waals surface area contributed by atoms with E-state index in [9.17, 15) is 5.11 Å². The molecule has 0 aliphatic heterocycles. The number of rotatable bonds is 2. The average Bonchev–Trinajstić information content (AvgIpc) is 2.38. The monoisotopic (exact) mass is 252 g/mol. The second-order valence-corrected chi connectivity index (χ2v) is 5.83. The van der Waals surface area contributed by atoms with Crippen molar-refractivity contribution >= 4 is 5.57 Å². The van der Waals surface area contributed by atoms with E-state index in [0.717, 1.165) is 16.7 Å². The van der Waals surface area contributed by atoms with Crippen LogP contribution in [0.1, 0.15) is 37.5 Å². The van der Waals surface area contributed by atoms with Gasteiger partial charge in [0.25, 0.3) is 0 Å². The summed E-state index contributed by atoms with van der Waals surface area (Å²) < 4.78 is 0. The molecule has 0 saturated carbocycles. The van der Waals surface area contributed by atoms with E-state index in [1.807, 2.05) is 42.5 Å². The predicted octanol–water partition coefficient (Wildman–Crippen LogP) is 4.75. The maximum atomic E-state index is 10.1. The van der Waals surface area contributed by atoms with Gasteiger partial charge >= 0.3 is 0 Å². The standard InChI is InChI=1S/C18H20O/c1-13(14-8-6-5-7-9-14)16-12-15(18(2,3)4)10-11-17(16)19/h5-12,19H,1H2,2-4H3. The third kappa shape index (κ3) is 2.87. The first-order valence-electron chi connectivity index (χ1n) is 6.48. The molecule has 1 nitrogen and oxygen atoms in total. The molecule has 2 aromatic carbocycles. The van der Waals surface area contributed by atoms with E-state index in [-0.39, 0.29) is 11.2 Å². The predicted molar refractivity (Wildman–Crippen MR) is 81.4 cm³/mol. The first-order chi connectivity index (χ1) is 8.89. The molecular formula is C18H20O. The van der Waals surface area contributed by atoms with Gasteiger partial charge in [0.1, 0.15) is 5.75 Å². The Morgan fingerprint density at radius 2 is 1.63 bits per heavy atom. The summed E-state index contributed by atoms with van der Waals surface area (Å²) in [6, 6.07) is 15.7. The number of aromatic hydroxyl groups is 1. The summed E-state index contributed by atoms with van der Waals surface area (Å²) in [6.45, 7) is 10.6. The fourth-order valence-corrected chi connectivity index (χ4v) is 2.04. The van der Waals surface area contributed by atoms with Gasteiger partial charge in [-0.15, -0.1) is 0 Å². The molecule has 0 aromatic heterocycles. The molecule has 0 bridgehead atoms. The number of phenols is 1. The number of hydrogen-bond acceptors (Lipinski definition) is 1. The van der Waals surface area contributed by atoms with Crippen molar-refractivity contribution in [2.24, 2.45) is 0 Å². The van der Waals surface area contributed by atoms with Crippen molar-refractivity contribution in [3.63, 3.8) is 0 Å². The summed E-state index contributed by atoms with van der Waals surface area (Å²) in [5.41, 5.74) is 3.93. The first kappa shape index (κ1) is 13.4. The van der Waals surface area contributed by atoms with Crippen molar-refractivity contribution in [3.8, 4) is 5.75 Å². The normalized spacial score (nSPS) is 11.3. The van der Waals surface area contributed by atoms with E-state index >= 15 is 0 Å². The molecule has 0 amide bonds. The minimum absolute atomic E-state index is 0.0550. The van der Waals surface area contributed by atoms with Gasteiger partial charge in [-0.1, -0.05) is 63.7 Å². The lowest BCUT2D eigenvalue weighted by atomic mass is 9.84. The second kappa shape index (κ2) is 4.93. The van der Waals surface area contributed by atoms with Crippen molar-refractivity contribution in [2.45, 2.75) is 26.2 Å². The zero-order valence-corrected chi connectivity index (χ0v) is 11.8. The molecule has 1 N–H and O–H groups in total. The molecule has 19 heavy (non-hydrogen) atoms. The summed E-state index contributed by atoms with van der Waals surface area (Å²) in [4.78, 5) is 0. The van der Waals surface area contributed by atoms with Gasteiger partial charge < -0.3 is 5.11 Å². The third-order valence-corrected chi connectivity index (χ3v) is 3.31. The Morgan fingerprint density at radius 3 is 2.21 bits per heavy atom. The maximum Gasteiger partial charge on any atom is 0.123 e. The minimum atomic E-state index is 0.0550. The summed E-state index contributed by atoms with van der Waals surface area (Å²) in [7, 11) is 0. The SMILES string of the molecule is C=C(c1ccccc1)c1cc(C(C)(C)C)ccc1O. The molecule has 0 heterocycles. The zero-order valence-electron chi connectivity index (χ0n) is 11.8. The van der Waals surface area contributed by atoms with Crippen molar-refractivity contribution in [2.75, 3.05) is 0 Å². The van der Waals surface area contributed by atoms with Crippen molar-refractivity contribution in [1.29, 1.82) is 0 Å². The third-order valence-electron chi connectivity index (χ3n) is 3.31. The van der Waals surface area contributed by atoms with Crippen molar-refractivity contribution < 1.29 is 5.11 Å². The van der Waals surface area contributed by atoms with Gasteiger partial charge in [0, 0.05) is 5.56 Å². The molecule has 0 fully saturated rings. The quantitative estimate of drug-likeness (QED) is 0.817. The van der Waals surface area contributed by atoms with Crippen molar-refractivity contribution in [3.05, 3.63) is 71.8 Å². The van der Waals surface area contributed by atoms with Crippen LogP contribution in [0.4, 0.5) is 0 Å². The van der Waals surface area contributed by atoms with Crippen LogP contribution in [0.5, 0.6) is 5.75 Å². The Balaban J connectivity index is 2.48. The Morgan fingerprint density at radius 1 is 1.00 bits per heavy atom. The van der Waals surface area contributed by atoms with E-state index in [4.69, 9.17) is 0 Å². The molecule has 0 aliphatic carbocycles. The Bertz CT molecular complexity index is 589. The molecule has 0 unspecified atom stereocenters. The Labute approximate surface area is 115 Å². The van der Waals surface area contributed by atoms with Crippen LogP contribution in [-0.2, 0) is 5.41 Å². The molecular weight excluding hydrogens is 232 g/mol. The van der Waals surface area contributed by atoms with E-state index in [1.165, 1.54) is 5.56 Å². The van der Waals surface area contributed by atoms with E-state index in [1.54, 1.807) is 6.07 Å². The van der Waals surface area contributed by atoms with Crippen LogP contribution in [-0.4, -0.2) is 5.11 Å². The highest BCUT2D eigenvalue weighted by Gasteiger charge is 2.16. The summed E-state index contributed by atoms with van der Waals surface area (Å²) in [5, 5.41) is 10.1. The lowest BCUT2D eigenvalue weighted by Crippen LogP contribution is -2.11. The Kier molecular flexibility index (Phi) is 3.48. The van der Waals surface area contributed by atoms with Crippen LogP contribution >= 0.6 is 0 Å². The molecule has 2 aromatic rings. The summed E-state index contributed by atoms with van der Waals surface area (Å²) in [5.74, 6) is 0.279. The number of benzene rings is 2. The van der Waals surface area contributed by atoms with Gasteiger partial charge in [0.2, 0.25) is 0 Å². The van der Waals surface area contributed by atoms with Crippen LogP contribution in [0.25, 0.3) is 5.57 Å². The fraction of sp³-hybridized carbons (Fsp3) is 0.222. The highest BCUT2D eigenvalue weighted by molar-refractivity contribution is 5.81. The number of phenolic OH excluding ortho intramolecular Hbond substituents is 1. The van der Waals surface area contributed by atoms with E-state index < -0.39 is 0 Å². The molecule has 0 spiro atoms. The molecule has 0 aliphatic rings. The zero-order chi connectivity index (χ0) is 14.0. The molecule has 0 saturated heterocycles. The van der Waals surface area contributed by atoms with Crippen LogP contribution in [0.15, 0.2) is 55.1 Å². The van der Waals surface area contributed by atoms with Crippen LogP contribution in [0.2, 0.25) is 0 Å². The largest absolute Gasteiger partial charge is 0.507 e. The van der Waals surface area contributed by atoms with Crippen LogP contribution in [0.3, 0.4) is 0 Å². The van der Waals surface area contributed by atoms with Crippen molar-refractivity contribution in [1.82, 2.24) is 0 Å². The smallest absolute Gasteiger partial charge is 0.123 e. The topological polar surface area (TPSA) is 20.2 Å². The van der Waals surface area contributed by atoms with Gasteiger partial charge in [-0.2, -0.15) is 0 Å². The Hall–Kier alpha value is -2.02. The average molecular weight is 252 g/mol. The maximum absolute atomic E-state index is 10.1. The fourth-order valence-electron chi connectivity index (χ4n) is 2.04. The molecule has 0 radical (unpaired) electrons. The summed E-state index contributed by atoms with van der Waals surface area (Å²) in [6.07, 6.45) is 0. The molecule has 2 rings (SSSR count). The lowest BCUT2D eigenvalue weighted by molar-refractivity contribution is 0.472. The number of hydrogen-bond donors (Lipinski definition) is 1. The minimum Gasteiger partial charge on any atom is -0.507 e. The van der Waals surface area contributed by atoms with Crippen LogP contribution < -0.4 is 0 Å². The van der Waals surface area contributed by atoms with E-state index in [0.29, 0.717) is 0 Å².